The molecule has 3 aromatic rings. The van der Waals surface area contributed by atoms with E-state index < -0.39 is 0 Å². The first-order valence-electron chi connectivity index (χ1n) is 9.32. The van der Waals surface area contributed by atoms with Crippen LogP contribution in [0.15, 0.2) is 35.5 Å². The fraction of sp³-hybridized carbons (Fsp3) is 0.400. The van der Waals surface area contributed by atoms with Gasteiger partial charge >= 0.3 is 0 Å². The zero-order chi connectivity index (χ0) is 18.6. The Morgan fingerprint density at radius 1 is 1.26 bits per heavy atom. The maximum Gasteiger partial charge on any atom is 0.208 e. The van der Waals surface area contributed by atoms with Crippen LogP contribution in [0.1, 0.15) is 48.5 Å². The summed E-state index contributed by atoms with van der Waals surface area (Å²) >= 11 is 1.54. The van der Waals surface area contributed by atoms with Crippen molar-refractivity contribution in [3.63, 3.8) is 0 Å². The first-order chi connectivity index (χ1) is 13.2. The third kappa shape index (κ3) is 3.91. The number of nitrogens with zero attached hydrogens (tertiary/aromatic N) is 5. The van der Waals surface area contributed by atoms with Gasteiger partial charge in [0.2, 0.25) is 5.16 Å². The molecule has 2 aromatic heterocycles. The van der Waals surface area contributed by atoms with Gasteiger partial charge in [-0.05, 0) is 25.0 Å². The molecule has 0 atom stereocenters. The van der Waals surface area contributed by atoms with E-state index in [9.17, 15) is 5.26 Å². The van der Waals surface area contributed by atoms with Gasteiger partial charge in [-0.15, -0.1) is 5.10 Å². The maximum absolute atomic E-state index is 9.57. The molecule has 138 valence electrons. The van der Waals surface area contributed by atoms with Gasteiger partial charge in [0, 0.05) is 12.2 Å². The molecule has 0 aliphatic heterocycles. The van der Waals surface area contributed by atoms with Gasteiger partial charge in [-0.25, -0.2) is 9.67 Å². The van der Waals surface area contributed by atoms with E-state index in [4.69, 9.17) is 0 Å². The van der Waals surface area contributed by atoms with Crippen LogP contribution in [0.2, 0.25) is 0 Å². The van der Waals surface area contributed by atoms with Crippen LogP contribution in [0.4, 0.5) is 0 Å². The number of hydrogen-bond donors (Lipinski definition) is 1. The Balaban J connectivity index is 1.51. The molecule has 1 fully saturated rings. The highest BCUT2D eigenvalue weighted by Gasteiger charge is 2.19. The Hall–Kier alpha value is -2.59. The van der Waals surface area contributed by atoms with Crippen molar-refractivity contribution in [2.45, 2.75) is 49.9 Å². The zero-order valence-corrected chi connectivity index (χ0v) is 16.2. The predicted molar refractivity (Wildman–Crippen MR) is 105 cm³/mol. The summed E-state index contributed by atoms with van der Waals surface area (Å²) in [6.07, 6.45) is 6.24. The Kier molecular flexibility index (Phi) is 5.26. The number of nitriles is 1. The highest BCUT2D eigenvalue weighted by molar-refractivity contribution is 7.98. The molecule has 0 amide bonds. The molecule has 7 heteroatoms. The van der Waals surface area contributed by atoms with Crippen molar-refractivity contribution in [2.24, 2.45) is 5.92 Å². The molecule has 0 unspecified atom stereocenters. The third-order valence-corrected chi connectivity index (χ3v) is 5.93. The summed E-state index contributed by atoms with van der Waals surface area (Å²) in [5.41, 5.74) is 3.21. The van der Waals surface area contributed by atoms with Crippen LogP contribution < -0.4 is 0 Å². The molecule has 0 saturated heterocycles. The quantitative estimate of drug-likeness (QED) is 0.650. The van der Waals surface area contributed by atoms with Crippen molar-refractivity contribution in [2.75, 3.05) is 0 Å². The summed E-state index contributed by atoms with van der Waals surface area (Å²) in [4.78, 5) is 4.64. The molecule has 27 heavy (non-hydrogen) atoms. The minimum atomic E-state index is 0.597. The normalized spacial score (nSPS) is 14.5. The van der Waals surface area contributed by atoms with Crippen LogP contribution in [0, 0.1) is 24.2 Å². The van der Waals surface area contributed by atoms with E-state index in [0.717, 1.165) is 40.4 Å². The van der Waals surface area contributed by atoms with E-state index >= 15 is 0 Å². The van der Waals surface area contributed by atoms with Crippen molar-refractivity contribution in [1.29, 1.82) is 5.26 Å². The smallest absolute Gasteiger partial charge is 0.208 e. The van der Waals surface area contributed by atoms with Gasteiger partial charge in [0.25, 0.3) is 0 Å². The number of rotatable bonds is 6. The number of thioether (sulfide) groups is 1. The van der Waals surface area contributed by atoms with Crippen molar-refractivity contribution in [3.05, 3.63) is 53.1 Å². The molecule has 1 aromatic carbocycles. The standard InChI is InChI=1S/C20H22N6S/c1-14-17(12-21)18(26(25-14)16-9-3-2-4-10-16)13-27-20-22-19(23-24-20)11-15-7-5-6-8-15/h2-4,9-10,15H,5-8,11,13H2,1H3,(H,22,23,24). The maximum atomic E-state index is 9.57. The number of aromatic amines is 1. The molecule has 1 aliphatic rings. The molecule has 4 rings (SSSR count). The average Bonchev–Trinajstić information content (AvgIpc) is 3.42. The predicted octanol–water partition coefficient (Wildman–Crippen LogP) is 4.20. The van der Waals surface area contributed by atoms with Crippen LogP contribution in [-0.2, 0) is 12.2 Å². The first kappa shape index (κ1) is 17.8. The minimum absolute atomic E-state index is 0.597. The highest BCUT2D eigenvalue weighted by Crippen LogP contribution is 2.29. The van der Waals surface area contributed by atoms with Gasteiger partial charge in [0.05, 0.1) is 22.6 Å². The number of hydrogen-bond acceptors (Lipinski definition) is 5. The minimum Gasteiger partial charge on any atom is -0.262 e. The van der Waals surface area contributed by atoms with Crippen LogP contribution in [0.5, 0.6) is 0 Å². The second kappa shape index (κ2) is 7.97. The van der Waals surface area contributed by atoms with Crippen molar-refractivity contribution < 1.29 is 0 Å². The van der Waals surface area contributed by atoms with Crippen LogP contribution >= 0.6 is 11.8 Å². The second-order valence-corrected chi connectivity index (χ2v) is 7.92. The number of benzene rings is 1. The Labute approximate surface area is 163 Å². The Morgan fingerprint density at radius 2 is 2.04 bits per heavy atom. The second-order valence-electron chi connectivity index (χ2n) is 6.97. The summed E-state index contributed by atoms with van der Waals surface area (Å²) in [5.74, 6) is 2.31. The summed E-state index contributed by atoms with van der Waals surface area (Å²) in [5, 5.41) is 22.3. The summed E-state index contributed by atoms with van der Waals surface area (Å²) in [7, 11) is 0. The summed E-state index contributed by atoms with van der Waals surface area (Å²) in [6, 6.07) is 12.2. The molecule has 0 bridgehead atoms. The van der Waals surface area contributed by atoms with Crippen molar-refractivity contribution in [3.8, 4) is 11.8 Å². The number of aryl methyl sites for hydroxylation is 1. The van der Waals surface area contributed by atoms with E-state index in [1.165, 1.54) is 37.4 Å². The number of para-hydroxylation sites is 1. The third-order valence-electron chi connectivity index (χ3n) is 5.07. The molecule has 1 N–H and O–H groups in total. The molecule has 6 nitrogen and oxygen atoms in total. The molecule has 1 aliphatic carbocycles. The van der Waals surface area contributed by atoms with E-state index in [1.54, 1.807) is 0 Å². The zero-order valence-electron chi connectivity index (χ0n) is 15.4. The lowest BCUT2D eigenvalue weighted by Crippen LogP contribution is -2.02. The number of aromatic nitrogens is 5. The number of nitrogens with one attached hydrogen (secondary N) is 1. The molecule has 2 heterocycles. The fourth-order valence-corrected chi connectivity index (χ4v) is 4.51. The summed E-state index contributed by atoms with van der Waals surface area (Å²) < 4.78 is 1.85. The van der Waals surface area contributed by atoms with Gasteiger partial charge in [0.1, 0.15) is 11.9 Å². The lowest BCUT2D eigenvalue weighted by molar-refractivity contribution is 0.531. The van der Waals surface area contributed by atoms with Crippen molar-refractivity contribution in [1.82, 2.24) is 25.0 Å². The van der Waals surface area contributed by atoms with Gasteiger partial charge in [0.15, 0.2) is 0 Å². The number of H-pyrrole nitrogens is 1. The Bertz CT molecular complexity index is 947. The Morgan fingerprint density at radius 3 is 2.78 bits per heavy atom. The van der Waals surface area contributed by atoms with Crippen LogP contribution in [0.25, 0.3) is 5.69 Å². The van der Waals surface area contributed by atoms with Gasteiger partial charge in [-0.1, -0.05) is 55.6 Å². The average molecular weight is 379 g/mol. The lowest BCUT2D eigenvalue weighted by atomic mass is 10.0. The lowest BCUT2D eigenvalue weighted by Gasteiger charge is -2.06. The van der Waals surface area contributed by atoms with E-state index in [0.29, 0.717) is 11.3 Å². The topological polar surface area (TPSA) is 83.2 Å². The first-order valence-corrected chi connectivity index (χ1v) is 10.3. The van der Waals surface area contributed by atoms with Gasteiger partial charge < -0.3 is 0 Å². The van der Waals surface area contributed by atoms with Gasteiger partial charge in [-0.3, -0.25) is 5.10 Å². The molecular formula is C20H22N6S. The van der Waals surface area contributed by atoms with Crippen LogP contribution in [0.3, 0.4) is 0 Å². The van der Waals surface area contributed by atoms with Crippen molar-refractivity contribution >= 4 is 11.8 Å². The van der Waals surface area contributed by atoms with E-state index in [2.05, 4.69) is 26.3 Å². The summed E-state index contributed by atoms with van der Waals surface area (Å²) in [6.45, 7) is 1.87. The van der Waals surface area contributed by atoms with E-state index in [1.807, 2.05) is 41.9 Å². The monoisotopic (exact) mass is 378 g/mol. The van der Waals surface area contributed by atoms with Gasteiger partial charge in [-0.2, -0.15) is 10.4 Å². The molecule has 0 spiro atoms. The fourth-order valence-electron chi connectivity index (χ4n) is 3.69. The molecular weight excluding hydrogens is 356 g/mol. The van der Waals surface area contributed by atoms with Crippen LogP contribution in [-0.4, -0.2) is 25.0 Å². The molecule has 1 saturated carbocycles. The molecule has 0 radical (unpaired) electrons. The highest BCUT2D eigenvalue weighted by atomic mass is 32.2. The van der Waals surface area contributed by atoms with E-state index in [-0.39, 0.29) is 0 Å². The SMILES string of the molecule is Cc1nn(-c2ccccc2)c(CSc2n[nH]c(CC3CCCC3)n2)c1C#N. The largest absolute Gasteiger partial charge is 0.262 e.